The minimum absolute atomic E-state index is 0.106. The first kappa shape index (κ1) is 14.1. The summed E-state index contributed by atoms with van der Waals surface area (Å²) in [5.41, 5.74) is 9.55. The minimum atomic E-state index is -0.106. The summed E-state index contributed by atoms with van der Waals surface area (Å²) in [6.07, 6.45) is 0.697. The maximum absolute atomic E-state index is 6.33. The standard InChI is InChI=1S/C17H18ClN3/c1-2-21-16-9-4-3-8-15(16)20-17(21)11-14(19)12-6-5-7-13(18)10-12/h3-10,14H,2,11,19H2,1H3. The Balaban J connectivity index is 1.94. The highest BCUT2D eigenvalue weighted by atomic mass is 35.5. The fraction of sp³-hybridized carbons (Fsp3) is 0.235. The number of para-hydroxylation sites is 2. The number of nitrogens with two attached hydrogens (primary N) is 1. The van der Waals surface area contributed by atoms with Crippen molar-refractivity contribution in [3.63, 3.8) is 0 Å². The van der Waals surface area contributed by atoms with Gasteiger partial charge in [0.05, 0.1) is 11.0 Å². The van der Waals surface area contributed by atoms with Gasteiger partial charge in [0, 0.05) is 24.0 Å². The van der Waals surface area contributed by atoms with Gasteiger partial charge in [-0.15, -0.1) is 0 Å². The zero-order valence-electron chi connectivity index (χ0n) is 12.0. The van der Waals surface area contributed by atoms with Crippen LogP contribution in [0.3, 0.4) is 0 Å². The quantitative estimate of drug-likeness (QED) is 0.792. The van der Waals surface area contributed by atoms with Gasteiger partial charge in [-0.3, -0.25) is 0 Å². The molecule has 1 unspecified atom stereocenters. The zero-order valence-corrected chi connectivity index (χ0v) is 12.7. The molecule has 2 aromatic carbocycles. The van der Waals surface area contributed by atoms with Crippen molar-refractivity contribution in [2.24, 2.45) is 5.73 Å². The molecule has 0 saturated carbocycles. The first-order chi connectivity index (χ1) is 10.2. The molecule has 0 bridgehead atoms. The molecule has 0 spiro atoms. The van der Waals surface area contributed by atoms with Gasteiger partial charge in [0.15, 0.2) is 0 Å². The average molecular weight is 300 g/mol. The molecule has 3 aromatic rings. The summed E-state index contributed by atoms with van der Waals surface area (Å²) in [5.74, 6) is 1.02. The van der Waals surface area contributed by atoms with Crippen molar-refractivity contribution in [1.29, 1.82) is 0 Å². The number of hydrogen-bond donors (Lipinski definition) is 1. The van der Waals surface area contributed by atoms with E-state index in [1.165, 1.54) is 0 Å². The highest BCUT2D eigenvalue weighted by molar-refractivity contribution is 6.30. The van der Waals surface area contributed by atoms with Crippen LogP contribution >= 0.6 is 11.6 Å². The lowest BCUT2D eigenvalue weighted by Crippen LogP contribution is -2.16. The highest BCUT2D eigenvalue weighted by Gasteiger charge is 2.14. The monoisotopic (exact) mass is 299 g/mol. The Morgan fingerprint density at radius 3 is 2.76 bits per heavy atom. The number of rotatable bonds is 4. The molecule has 21 heavy (non-hydrogen) atoms. The maximum atomic E-state index is 6.33. The van der Waals surface area contributed by atoms with E-state index in [4.69, 9.17) is 22.3 Å². The lowest BCUT2D eigenvalue weighted by atomic mass is 10.0. The van der Waals surface area contributed by atoms with Gasteiger partial charge in [0.1, 0.15) is 5.82 Å². The van der Waals surface area contributed by atoms with Crippen molar-refractivity contribution in [3.05, 3.63) is 64.9 Å². The third-order valence-electron chi connectivity index (χ3n) is 3.73. The molecule has 0 radical (unpaired) electrons. The van der Waals surface area contributed by atoms with Crippen LogP contribution in [0, 0.1) is 0 Å². The van der Waals surface area contributed by atoms with Gasteiger partial charge < -0.3 is 10.3 Å². The number of benzene rings is 2. The van der Waals surface area contributed by atoms with Gasteiger partial charge in [-0.2, -0.15) is 0 Å². The van der Waals surface area contributed by atoms with Crippen LogP contribution in [0.25, 0.3) is 11.0 Å². The zero-order chi connectivity index (χ0) is 14.8. The van der Waals surface area contributed by atoms with Crippen LogP contribution in [-0.2, 0) is 13.0 Å². The van der Waals surface area contributed by atoms with Gasteiger partial charge in [-0.05, 0) is 36.8 Å². The molecular weight excluding hydrogens is 282 g/mol. The summed E-state index contributed by atoms with van der Waals surface area (Å²) >= 11 is 6.04. The molecule has 0 saturated heterocycles. The van der Waals surface area contributed by atoms with E-state index in [1.54, 1.807) is 0 Å². The number of halogens is 1. The SMILES string of the molecule is CCn1c(CC(N)c2cccc(Cl)c2)nc2ccccc21. The predicted octanol–water partition coefficient (Wildman–Crippen LogP) is 3.95. The molecule has 0 aliphatic heterocycles. The van der Waals surface area contributed by atoms with E-state index in [1.807, 2.05) is 42.5 Å². The van der Waals surface area contributed by atoms with Crippen LogP contribution in [0.2, 0.25) is 5.02 Å². The molecule has 2 N–H and O–H groups in total. The summed E-state index contributed by atoms with van der Waals surface area (Å²) < 4.78 is 2.22. The van der Waals surface area contributed by atoms with Gasteiger partial charge in [0.25, 0.3) is 0 Å². The van der Waals surface area contributed by atoms with E-state index >= 15 is 0 Å². The Morgan fingerprint density at radius 2 is 2.00 bits per heavy atom. The molecule has 4 heteroatoms. The van der Waals surface area contributed by atoms with Crippen LogP contribution in [-0.4, -0.2) is 9.55 Å². The molecule has 3 rings (SSSR count). The maximum Gasteiger partial charge on any atom is 0.111 e. The van der Waals surface area contributed by atoms with Gasteiger partial charge in [-0.25, -0.2) is 4.98 Å². The van der Waals surface area contributed by atoms with E-state index in [0.29, 0.717) is 11.4 Å². The Labute approximate surface area is 129 Å². The number of hydrogen-bond acceptors (Lipinski definition) is 2. The largest absolute Gasteiger partial charge is 0.328 e. The second-order valence-electron chi connectivity index (χ2n) is 5.13. The summed E-state index contributed by atoms with van der Waals surface area (Å²) in [6.45, 7) is 3.01. The lowest BCUT2D eigenvalue weighted by molar-refractivity contribution is 0.637. The van der Waals surface area contributed by atoms with Crippen molar-refractivity contribution in [2.45, 2.75) is 25.9 Å². The van der Waals surface area contributed by atoms with E-state index in [0.717, 1.165) is 29.0 Å². The van der Waals surface area contributed by atoms with Gasteiger partial charge >= 0.3 is 0 Å². The Morgan fingerprint density at radius 1 is 1.19 bits per heavy atom. The van der Waals surface area contributed by atoms with Crippen LogP contribution in [0.1, 0.15) is 24.4 Å². The average Bonchev–Trinajstić information content (AvgIpc) is 2.84. The Hall–Kier alpha value is -1.84. The summed E-state index contributed by atoms with van der Waals surface area (Å²) in [4.78, 5) is 4.72. The normalized spacial score (nSPS) is 12.7. The number of nitrogens with zero attached hydrogens (tertiary/aromatic N) is 2. The highest BCUT2D eigenvalue weighted by Crippen LogP contribution is 2.22. The molecule has 1 heterocycles. The van der Waals surface area contributed by atoms with E-state index < -0.39 is 0 Å². The number of imidazole rings is 1. The van der Waals surface area contributed by atoms with Crippen LogP contribution in [0.4, 0.5) is 0 Å². The second kappa shape index (κ2) is 5.88. The number of fused-ring (bicyclic) bond motifs is 1. The van der Waals surface area contributed by atoms with E-state index in [-0.39, 0.29) is 6.04 Å². The first-order valence-corrected chi connectivity index (χ1v) is 7.52. The minimum Gasteiger partial charge on any atom is -0.328 e. The predicted molar refractivity (Wildman–Crippen MR) is 87.5 cm³/mol. The fourth-order valence-corrected chi connectivity index (χ4v) is 2.88. The van der Waals surface area contributed by atoms with Crippen LogP contribution < -0.4 is 5.73 Å². The number of aromatic nitrogens is 2. The summed E-state index contributed by atoms with van der Waals surface area (Å²) in [7, 11) is 0. The van der Waals surface area contributed by atoms with Crippen LogP contribution in [0.15, 0.2) is 48.5 Å². The molecule has 0 aliphatic carbocycles. The van der Waals surface area contributed by atoms with Crippen LogP contribution in [0.5, 0.6) is 0 Å². The van der Waals surface area contributed by atoms with Crippen molar-refractivity contribution in [2.75, 3.05) is 0 Å². The molecule has 0 amide bonds. The Bertz CT molecular complexity index is 764. The molecule has 0 aliphatic rings. The molecule has 1 aromatic heterocycles. The second-order valence-corrected chi connectivity index (χ2v) is 5.56. The number of aryl methyl sites for hydroxylation is 1. The van der Waals surface area contributed by atoms with Crippen molar-refractivity contribution >= 4 is 22.6 Å². The third kappa shape index (κ3) is 2.80. The molecule has 3 nitrogen and oxygen atoms in total. The van der Waals surface area contributed by atoms with E-state index in [2.05, 4.69) is 17.6 Å². The van der Waals surface area contributed by atoms with Crippen molar-refractivity contribution in [3.8, 4) is 0 Å². The van der Waals surface area contributed by atoms with Gasteiger partial charge in [0.2, 0.25) is 0 Å². The van der Waals surface area contributed by atoms with Crippen molar-refractivity contribution in [1.82, 2.24) is 9.55 Å². The summed E-state index contributed by atoms with van der Waals surface area (Å²) in [6, 6.07) is 15.8. The van der Waals surface area contributed by atoms with Crippen molar-refractivity contribution < 1.29 is 0 Å². The molecule has 0 fully saturated rings. The lowest BCUT2D eigenvalue weighted by Gasteiger charge is -2.13. The summed E-state index contributed by atoms with van der Waals surface area (Å²) in [5, 5.41) is 0.715. The third-order valence-corrected chi connectivity index (χ3v) is 3.96. The smallest absolute Gasteiger partial charge is 0.111 e. The first-order valence-electron chi connectivity index (χ1n) is 7.14. The molecular formula is C17H18ClN3. The fourth-order valence-electron chi connectivity index (χ4n) is 2.69. The topological polar surface area (TPSA) is 43.8 Å². The molecule has 1 atom stereocenters. The Kier molecular flexibility index (Phi) is 3.95. The van der Waals surface area contributed by atoms with Gasteiger partial charge in [-0.1, -0.05) is 35.9 Å². The van der Waals surface area contributed by atoms with E-state index in [9.17, 15) is 0 Å². The molecule has 108 valence electrons.